The van der Waals surface area contributed by atoms with Crippen LogP contribution in [0, 0.1) is 6.92 Å². The number of benzene rings is 2. The topological polar surface area (TPSA) is 38.2 Å². The zero-order chi connectivity index (χ0) is 15.5. The van der Waals surface area contributed by atoms with Gasteiger partial charge in [-0.05, 0) is 43.3 Å². The van der Waals surface area contributed by atoms with Crippen LogP contribution in [0.1, 0.15) is 5.82 Å². The minimum atomic E-state index is 0.731. The van der Waals surface area contributed by atoms with Crippen LogP contribution in [0.25, 0.3) is 10.9 Å². The summed E-state index contributed by atoms with van der Waals surface area (Å²) < 4.78 is 5.21. The Bertz CT molecular complexity index is 812. The van der Waals surface area contributed by atoms with Crippen molar-refractivity contribution in [2.45, 2.75) is 6.92 Å². The van der Waals surface area contributed by atoms with Crippen molar-refractivity contribution in [1.82, 2.24) is 9.97 Å². The Kier molecular flexibility index (Phi) is 3.74. The van der Waals surface area contributed by atoms with Crippen molar-refractivity contribution in [3.05, 3.63) is 67.1 Å². The molecule has 4 nitrogen and oxygen atoms in total. The Balaban J connectivity index is 2.15. The highest BCUT2D eigenvalue weighted by molar-refractivity contribution is 5.92. The molecule has 0 spiro atoms. The van der Waals surface area contributed by atoms with Gasteiger partial charge in [-0.2, -0.15) is 0 Å². The van der Waals surface area contributed by atoms with Crippen LogP contribution in [0.2, 0.25) is 0 Å². The number of para-hydroxylation sites is 1. The fourth-order valence-electron chi connectivity index (χ4n) is 2.41. The number of hydrogen-bond donors (Lipinski definition) is 0. The molecule has 0 bridgehead atoms. The molecule has 22 heavy (non-hydrogen) atoms. The van der Waals surface area contributed by atoms with E-state index < -0.39 is 0 Å². The summed E-state index contributed by atoms with van der Waals surface area (Å²) in [7, 11) is 1.65. The minimum absolute atomic E-state index is 0.731. The number of fused-ring (bicyclic) bond motifs is 1. The Morgan fingerprint density at radius 1 is 1.05 bits per heavy atom. The Morgan fingerprint density at radius 3 is 2.45 bits per heavy atom. The van der Waals surface area contributed by atoms with Gasteiger partial charge in [-0.25, -0.2) is 9.97 Å². The first-order valence-electron chi connectivity index (χ1n) is 7.02. The maximum absolute atomic E-state index is 5.21. The van der Waals surface area contributed by atoms with E-state index in [4.69, 9.17) is 4.74 Å². The molecule has 0 N–H and O–H groups in total. The van der Waals surface area contributed by atoms with E-state index in [2.05, 4.69) is 16.5 Å². The van der Waals surface area contributed by atoms with Gasteiger partial charge in [0.05, 0.1) is 12.6 Å². The van der Waals surface area contributed by atoms with Crippen LogP contribution >= 0.6 is 0 Å². The van der Waals surface area contributed by atoms with E-state index >= 15 is 0 Å². The highest BCUT2D eigenvalue weighted by Crippen LogP contribution is 2.31. The summed E-state index contributed by atoms with van der Waals surface area (Å²) in [5.41, 5.74) is 1.89. The number of ether oxygens (including phenoxy) is 1. The molecule has 1 aromatic heterocycles. The number of nitrogens with zero attached hydrogens (tertiary/aromatic N) is 3. The lowest BCUT2D eigenvalue weighted by Crippen LogP contribution is -2.11. The third-order valence-electron chi connectivity index (χ3n) is 3.46. The van der Waals surface area contributed by atoms with Gasteiger partial charge >= 0.3 is 0 Å². The van der Waals surface area contributed by atoms with Gasteiger partial charge in [0, 0.05) is 17.3 Å². The fourth-order valence-corrected chi connectivity index (χ4v) is 2.41. The molecule has 0 saturated heterocycles. The molecule has 3 aromatic rings. The van der Waals surface area contributed by atoms with Crippen LogP contribution in [0.5, 0.6) is 5.75 Å². The van der Waals surface area contributed by atoms with Gasteiger partial charge < -0.3 is 9.64 Å². The molecule has 110 valence electrons. The molecule has 0 radical (unpaired) electrons. The van der Waals surface area contributed by atoms with Gasteiger partial charge in [-0.3, -0.25) is 0 Å². The van der Waals surface area contributed by atoms with Crippen molar-refractivity contribution in [2.75, 3.05) is 12.0 Å². The lowest BCUT2D eigenvalue weighted by atomic mass is 10.2. The predicted molar refractivity (Wildman–Crippen MR) is 89.6 cm³/mol. The summed E-state index contributed by atoms with van der Waals surface area (Å²) in [5, 5.41) is 0.990. The first kappa shape index (κ1) is 14.1. The Morgan fingerprint density at radius 2 is 1.77 bits per heavy atom. The van der Waals surface area contributed by atoms with E-state index in [-0.39, 0.29) is 0 Å². The molecule has 1 heterocycles. The summed E-state index contributed by atoms with van der Waals surface area (Å²) in [4.78, 5) is 11.0. The average Bonchev–Trinajstić information content (AvgIpc) is 2.56. The average molecular weight is 291 g/mol. The van der Waals surface area contributed by atoms with Gasteiger partial charge in [0.15, 0.2) is 0 Å². The maximum atomic E-state index is 5.21. The second-order valence-electron chi connectivity index (χ2n) is 4.86. The summed E-state index contributed by atoms with van der Waals surface area (Å²) in [6.07, 6.45) is 1.76. The lowest BCUT2D eigenvalue weighted by molar-refractivity contribution is 0.415. The second kappa shape index (κ2) is 5.85. The lowest BCUT2D eigenvalue weighted by Gasteiger charge is -2.21. The molecular weight excluding hydrogens is 274 g/mol. The molecule has 2 aromatic carbocycles. The largest absolute Gasteiger partial charge is 0.497 e. The minimum Gasteiger partial charge on any atom is -0.497 e. The summed E-state index contributed by atoms with van der Waals surface area (Å²) in [5.74, 6) is 2.37. The molecule has 4 heteroatoms. The molecule has 0 saturated carbocycles. The molecule has 0 aliphatic rings. The van der Waals surface area contributed by atoms with E-state index in [9.17, 15) is 0 Å². The molecule has 0 atom stereocenters. The zero-order valence-corrected chi connectivity index (χ0v) is 12.7. The first-order valence-corrected chi connectivity index (χ1v) is 7.02. The monoisotopic (exact) mass is 291 g/mol. The second-order valence-corrected chi connectivity index (χ2v) is 4.86. The van der Waals surface area contributed by atoms with Crippen molar-refractivity contribution in [3.63, 3.8) is 0 Å². The number of methoxy groups -OCH3 is 1. The third kappa shape index (κ3) is 2.51. The van der Waals surface area contributed by atoms with Crippen LogP contribution in [-0.2, 0) is 0 Å². The van der Waals surface area contributed by atoms with Crippen molar-refractivity contribution < 1.29 is 4.74 Å². The zero-order valence-electron chi connectivity index (χ0n) is 12.7. The van der Waals surface area contributed by atoms with Crippen molar-refractivity contribution in [1.29, 1.82) is 0 Å². The van der Waals surface area contributed by atoms with E-state index in [1.807, 2.05) is 60.4 Å². The highest BCUT2D eigenvalue weighted by Gasteiger charge is 2.13. The Labute approximate surface area is 129 Å². The van der Waals surface area contributed by atoms with Crippen LogP contribution in [0.15, 0.2) is 61.3 Å². The van der Waals surface area contributed by atoms with Gasteiger partial charge in [0.1, 0.15) is 17.4 Å². The Hall–Kier alpha value is -2.88. The van der Waals surface area contributed by atoms with Crippen LogP contribution in [-0.4, -0.2) is 17.1 Å². The van der Waals surface area contributed by atoms with Crippen LogP contribution < -0.4 is 9.64 Å². The van der Waals surface area contributed by atoms with Crippen LogP contribution in [0.4, 0.5) is 11.5 Å². The molecule has 0 amide bonds. The fraction of sp³-hybridized carbons (Fsp3) is 0.111. The van der Waals surface area contributed by atoms with Crippen molar-refractivity contribution in [2.24, 2.45) is 0 Å². The normalized spacial score (nSPS) is 10.5. The van der Waals surface area contributed by atoms with E-state index in [1.165, 1.54) is 0 Å². The number of aromatic nitrogens is 2. The molecule has 0 unspecified atom stereocenters. The van der Waals surface area contributed by atoms with E-state index in [0.29, 0.717) is 0 Å². The number of rotatable bonds is 4. The maximum Gasteiger partial charge on any atom is 0.148 e. The molecule has 0 aliphatic carbocycles. The van der Waals surface area contributed by atoms with Crippen molar-refractivity contribution >= 4 is 22.4 Å². The first-order chi connectivity index (χ1) is 10.7. The summed E-state index contributed by atoms with van der Waals surface area (Å²) >= 11 is 0. The SMILES string of the molecule is C=CN(c1ccc(OC)cc1)c1nc(C)nc2ccccc12. The number of hydrogen-bond acceptors (Lipinski definition) is 4. The van der Waals surface area contributed by atoms with E-state index in [1.54, 1.807) is 13.3 Å². The summed E-state index contributed by atoms with van der Waals surface area (Å²) in [6.45, 7) is 5.82. The molecular formula is C18H17N3O. The van der Waals surface area contributed by atoms with E-state index in [0.717, 1.165) is 34.0 Å². The number of anilines is 2. The summed E-state index contributed by atoms with van der Waals surface area (Å²) in [6, 6.07) is 15.8. The molecule has 3 rings (SSSR count). The quantitative estimate of drug-likeness (QED) is 0.721. The standard InChI is InChI=1S/C18H17N3O/c1-4-21(14-9-11-15(22-3)12-10-14)18-16-7-5-6-8-17(16)19-13(2)20-18/h4-12H,1H2,2-3H3. The van der Waals surface area contributed by atoms with Crippen molar-refractivity contribution in [3.8, 4) is 5.75 Å². The van der Waals surface area contributed by atoms with Gasteiger partial charge in [-0.1, -0.05) is 18.7 Å². The van der Waals surface area contributed by atoms with Gasteiger partial charge in [0.25, 0.3) is 0 Å². The van der Waals surface area contributed by atoms with Gasteiger partial charge in [-0.15, -0.1) is 0 Å². The van der Waals surface area contributed by atoms with Gasteiger partial charge in [0.2, 0.25) is 0 Å². The number of aryl methyl sites for hydroxylation is 1. The third-order valence-corrected chi connectivity index (χ3v) is 3.46. The predicted octanol–water partition coefficient (Wildman–Crippen LogP) is 4.23. The molecule has 0 aliphatic heterocycles. The highest BCUT2D eigenvalue weighted by atomic mass is 16.5. The smallest absolute Gasteiger partial charge is 0.148 e. The molecule has 0 fully saturated rings. The van der Waals surface area contributed by atoms with Crippen LogP contribution in [0.3, 0.4) is 0 Å².